The number of esters is 1. The number of carbonyl (C=O) groups excluding carboxylic acids is 2. The lowest BCUT2D eigenvalue weighted by Gasteiger charge is -2.35. The van der Waals surface area contributed by atoms with Crippen molar-refractivity contribution in [2.24, 2.45) is 0 Å². The van der Waals surface area contributed by atoms with Crippen molar-refractivity contribution in [3.8, 4) is 0 Å². The van der Waals surface area contributed by atoms with E-state index in [2.05, 4.69) is 0 Å². The maximum atomic E-state index is 12.6. The molecular formula is C19H27NO5S. The second-order valence-electron chi connectivity index (χ2n) is 7.59. The molecule has 0 aliphatic carbocycles. The average molecular weight is 381 g/mol. The Kier molecular flexibility index (Phi) is 6.24. The van der Waals surface area contributed by atoms with Crippen molar-refractivity contribution in [1.82, 2.24) is 4.90 Å². The minimum Gasteiger partial charge on any atom is -0.465 e. The Morgan fingerprint density at radius 1 is 1.35 bits per heavy atom. The Labute approximate surface area is 159 Å². The topological polar surface area (TPSA) is 65.1 Å². The third-order valence-corrected chi connectivity index (χ3v) is 5.00. The van der Waals surface area contributed by atoms with Crippen LogP contribution in [0.25, 0.3) is 0 Å². The van der Waals surface area contributed by atoms with Crippen LogP contribution in [0.3, 0.4) is 0 Å². The predicted molar refractivity (Wildman–Crippen MR) is 100 cm³/mol. The van der Waals surface area contributed by atoms with Crippen LogP contribution in [0.5, 0.6) is 0 Å². The van der Waals surface area contributed by atoms with Gasteiger partial charge in [0.05, 0.1) is 25.3 Å². The van der Waals surface area contributed by atoms with Crippen molar-refractivity contribution in [2.45, 2.75) is 56.9 Å². The van der Waals surface area contributed by atoms with Crippen LogP contribution in [-0.4, -0.2) is 53.8 Å². The van der Waals surface area contributed by atoms with Gasteiger partial charge in [-0.25, -0.2) is 9.59 Å². The Balaban J connectivity index is 2.08. The van der Waals surface area contributed by atoms with E-state index in [0.29, 0.717) is 17.9 Å². The van der Waals surface area contributed by atoms with E-state index in [9.17, 15) is 9.59 Å². The van der Waals surface area contributed by atoms with Crippen LogP contribution >= 0.6 is 11.8 Å². The molecule has 2 rings (SSSR count). The first-order valence-electron chi connectivity index (χ1n) is 8.51. The van der Waals surface area contributed by atoms with E-state index in [-0.39, 0.29) is 18.1 Å². The molecule has 26 heavy (non-hydrogen) atoms. The fraction of sp³-hybridized carbons (Fsp3) is 0.579. The summed E-state index contributed by atoms with van der Waals surface area (Å²) in [4.78, 5) is 26.9. The first kappa shape index (κ1) is 20.6. The molecule has 1 atom stereocenters. The molecule has 1 fully saturated rings. The number of benzene rings is 1. The van der Waals surface area contributed by atoms with Crippen molar-refractivity contribution in [3.05, 3.63) is 29.8 Å². The van der Waals surface area contributed by atoms with Gasteiger partial charge in [-0.05, 0) is 52.8 Å². The second-order valence-corrected chi connectivity index (χ2v) is 8.69. The van der Waals surface area contributed by atoms with Crippen LogP contribution in [0.4, 0.5) is 4.79 Å². The van der Waals surface area contributed by atoms with Gasteiger partial charge in [-0.15, -0.1) is 11.8 Å². The maximum absolute atomic E-state index is 12.6. The van der Waals surface area contributed by atoms with Crippen LogP contribution in [0.1, 0.15) is 45.0 Å². The van der Waals surface area contributed by atoms with Crippen molar-refractivity contribution >= 4 is 23.8 Å². The van der Waals surface area contributed by atoms with E-state index in [1.807, 2.05) is 46.8 Å². The van der Waals surface area contributed by atoms with Crippen LogP contribution < -0.4 is 0 Å². The highest BCUT2D eigenvalue weighted by Gasteiger charge is 2.45. The van der Waals surface area contributed by atoms with Gasteiger partial charge in [0.15, 0.2) is 0 Å². The number of rotatable bonds is 4. The number of thioether (sulfide) groups is 1. The van der Waals surface area contributed by atoms with Crippen LogP contribution in [0.15, 0.2) is 29.2 Å². The number of ether oxygens (including phenoxy) is 3. The highest BCUT2D eigenvalue weighted by atomic mass is 32.2. The smallest absolute Gasteiger partial charge is 0.412 e. The van der Waals surface area contributed by atoms with Gasteiger partial charge in [0, 0.05) is 10.6 Å². The molecule has 1 amide bonds. The van der Waals surface area contributed by atoms with E-state index in [0.717, 1.165) is 4.90 Å². The molecule has 1 aliphatic heterocycles. The SMILES string of the molecule is COC(=O)c1cccc(SC[C@H]2COC(C)(C)N2C(=O)OC(C)(C)C)c1. The maximum Gasteiger partial charge on any atom is 0.412 e. The van der Waals surface area contributed by atoms with Gasteiger partial charge < -0.3 is 14.2 Å². The highest BCUT2D eigenvalue weighted by molar-refractivity contribution is 7.99. The lowest BCUT2D eigenvalue weighted by Crippen LogP contribution is -2.50. The van der Waals surface area contributed by atoms with Crippen LogP contribution in [0, 0.1) is 0 Å². The molecule has 1 heterocycles. The number of nitrogens with zero attached hydrogens (tertiary/aromatic N) is 1. The van der Waals surface area contributed by atoms with Crippen molar-refractivity contribution < 1.29 is 23.8 Å². The average Bonchev–Trinajstić information content (AvgIpc) is 2.85. The Bertz CT molecular complexity index is 668. The van der Waals surface area contributed by atoms with E-state index in [4.69, 9.17) is 14.2 Å². The first-order valence-corrected chi connectivity index (χ1v) is 9.49. The molecule has 1 saturated heterocycles. The Morgan fingerprint density at radius 3 is 2.65 bits per heavy atom. The summed E-state index contributed by atoms with van der Waals surface area (Å²) >= 11 is 1.56. The van der Waals surface area contributed by atoms with Gasteiger partial charge in [-0.2, -0.15) is 0 Å². The summed E-state index contributed by atoms with van der Waals surface area (Å²) in [7, 11) is 1.36. The molecule has 1 aromatic carbocycles. The number of amides is 1. The lowest BCUT2D eigenvalue weighted by molar-refractivity contribution is -0.0617. The molecule has 6 nitrogen and oxygen atoms in total. The number of hydrogen-bond acceptors (Lipinski definition) is 6. The summed E-state index contributed by atoms with van der Waals surface area (Å²) in [5, 5.41) is 0. The molecule has 144 valence electrons. The van der Waals surface area contributed by atoms with Gasteiger partial charge >= 0.3 is 12.1 Å². The minimum absolute atomic E-state index is 0.119. The molecule has 0 aromatic heterocycles. The van der Waals surface area contributed by atoms with Gasteiger partial charge in [0.2, 0.25) is 0 Å². The number of hydrogen-bond donors (Lipinski definition) is 0. The van der Waals surface area contributed by atoms with Gasteiger partial charge in [-0.3, -0.25) is 4.90 Å². The predicted octanol–water partition coefficient (Wildman–Crippen LogP) is 3.94. The van der Waals surface area contributed by atoms with E-state index in [1.165, 1.54) is 7.11 Å². The normalized spacial score (nSPS) is 19.3. The first-order chi connectivity index (χ1) is 12.0. The molecule has 7 heteroatoms. The van der Waals surface area contributed by atoms with Crippen molar-refractivity contribution in [1.29, 1.82) is 0 Å². The summed E-state index contributed by atoms with van der Waals surface area (Å²) in [6.45, 7) is 9.69. The summed E-state index contributed by atoms with van der Waals surface area (Å²) in [5.41, 5.74) is -0.784. The zero-order valence-corrected chi connectivity index (χ0v) is 17.0. The molecule has 0 unspecified atom stereocenters. The van der Waals surface area contributed by atoms with E-state index in [1.54, 1.807) is 28.8 Å². The summed E-state index contributed by atoms with van der Waals surface area (Å²) in [5.74, 6) is 0.265. The molecule has 1 aromatic rings. The van der Waals surface area contributed by atoms with Gasteiger partial charge in [0.25, 0.3) is 0 Å². The summed E-state index contributed by atoms with van der Waals surface area (Å²) < 4.78 is 16.1. The van der Waals surface area contributed by atoms with E-state index >= 15 is 0 Å². The quantitative estimate of drug-likeness (QED) is 0.581. The highest BCUT2D eigenvalue weighted by Crippen LogP contribution is 2.32. The Hall–Kier alpha value is -1.73. The zero-order chi connectivity index (χ0) is 19.5. The molecular weight excluding hydrogens is 354 g/mol. The second kappa shape index (κ2) is 7.88. The van der Waals surface area contributed by atoms with Gasteiger partial charge in [0.1, 0.15) is 11.3 Å². The Morgan fingerprint density at radius 2 is 2.04 bits per heavy atom. The minimum atomic E-state index is -0.721. The van der Waals surface area contributed by atoms with Crippen molar-refractivity contribution in [2.75, 3.05) is 19.5 Å². The van der Waals surface area contributed by atoms with Crippen LogP contribution in [0.2, 0.25) is 0 Å². The molecule has 0 radical (unpaired) electrons. The fourth-order valence-corrected chi connectivity index (χ4v) is 3.72. The molecule has 0 saturated carbocycles. The molecule has 0 bridgehead atoms. The summed E-state index contributed by atoms with van der Waals surface area (Å²) in [6, 6.07) is 7.12. The monoisotopic (exact) mass is 381 g/mol. The fourth-order valence-electron chi connectivity index (χ4n) is 2.71. The largest absolute Gasteiger partial charge is 0.465 e. The van der Waals surface area contributed by atoms with Crippen molar-refractivity contribution in [3.63, 3.8) is 0 Å². The summed E-state index contributed by atoms with van der Waals surface area (Å²) in [6.07, 6.45) is -0.381. The van der Waals surface area contributed by atoms with E-state index < -0.39 is 11.3 Å². The number of carbonyl (C=O) groups is 2. The van der Waals surface area contributed by atoms with Gasteiger partial charge in [-0.1, -0.05) is 6.07 Å². The standard InChI is InChI=1S/C19H27NO5S/c1-18(2,3)25-17(22)20-14(11-24-19(20,4)5)12-26-15-9-7-8-13(10-15)16(21)23-6/h7-10,14H,11-12H2,1-6H3/t14-/m1/s1. The molecule has 0 N–H and O–H groups in total. The molecule has 0 spiro atoms. The zero-order valence-electron chi connectivity index (χ0n) is 16.2. The number of methoxy groups -OCH3 is 1. The third kappa shape index (κ3) is 5.14. The molecule has 1 aliphatic rings. The lowest BCUT2D eigenvalue weighted by atomic mass is 10.2. The third-order valence-electron chi connectivity index (χ3n) is 3.86. The van der Waals surface area contributed by atoms with Crippen LogP contribution in [-0.2, 0) is 14.2 Å².